The Hall–Kier alpha value is -1.68. The maximum Gasteiger partial charge on any atom is 0.170 e. The fourth-order valence-corrected chi connectivity index (χ4v) is 2.33. The molecule has 4 heteroatoms. The number of carbonyl (C=O) groups excluding carboxylic acids is 1. The minimum atomic E-state index is -0.531. The Morgan fingerprint density at radius 2 is 1.85 bits per heavy atom. The van der Waals surface area contributed by atoms with Crippen LogP contribution in [0.4, 0.5) is 4.39 Å². The van der Waals surface area contributed by atoms with Gasteiger partial charge in [0.05, 0.1) is 7.11 Å². The molecule has 2 rings (SSSR count). The molecular weight excluding hydrogens is 323 g/mol. The summed E-state index contributed by atoms with van der Waals surface area (Å²) in [5.41, 5.74) is 0.939. The first kappa shape index (κ1) is 14.7. The van der Waals surface area contributed by atoms with Crippen LogP contribution in [0.2, 0.25) is 0 Å². The number of ketones is 1. The van der Waals surface area contributed by atoms with Crippen molar-refractivity contribution in [1.82, 2.24) is 0 Å². The summed E-state index contributed by atoms with van der Waals surface area (Å²) in [6.07, 6.45) is 0. The third-order valence-electron chi connectivity index (χ3n) is 3.20. The van der Waals surface area contributed by atoms with Crippen molar-refractivity contribution in [3.8, 4) is 5.75 Å². The van der Waals surface area contributed by atoms with Crippen LogP contribution in [0.25, 0.3) is 0 Å². The molecule has 2 aromatic rings. The lowest BCUT2D eigenvalue weighted by molar-refractivity contribution is 0.0964. The number of benzene rings is 2. The number of ether oxygens (including phenoxy) is 1. The zero-order valence-electron chi connectivity index (χ0n) is 11.2. The van der Waals surface area contributed by atoms with E-state index >= 15 is 0 Å². The second-order valence-electron chi connectivity index (χ2n) is 4.48. The maximum atomic E-state index is 13.9. The average molecular weight is 337 g/mol. The number of halogens is 2. The van der Waals surface area contributed by atoms with E-state index in [2.05, 4.69) is 15.9 Å². The molecule has 0 spiro atoms. The minimum absolute atomic E-state index is 0.117. The van der Waals surface area contributed by atoms with Gasteiger partial charge in [0, 0.05) is 16.0 Å². The first-order chi connectivity index (χ1) is 9.52. The lowest BCUT2D eigenvalue weighted by atomic mass is 9.92. The summed E-state index contributed by atoms with van der Waals surface area (Å²) in [5, 5.41) is 0. The lowest BCUT2D eigenvalue weighted by Gasteiger charge is -2.12. The Bertz CT molecular complexity index is 623. The molecule has 0 bridgehead atoms. The van der Waals surface area contributed by atoms with Crippen molar-refractivity contribution in [3.05, 3.63) is 63.9 Å². The summed E-state index contributed by atoms with van der Waals surface area (Å²) in [5.74, 6) is -0.344. The van der Waals surface area contributed by atoms with Crippen molar-refractivity contribution in [3.63, 3.8) is 0 Å². The van der Waals surface area contributed by atoms with Crippen LogP contribution in [0, 0.1) is 5.82 Å². The highest BCUT2D eigenvalue weighted by molar-refractivity contribution is 9.10. The van der Waals surface area contributed by atoms with Crippen LogP contribution < -0.4 is 4.74 Å². The lowest BCUT2D eigenvalue weighted by Crippen LogP contribution is -2.11. The first-order valence-electron chi connectivity index (χ1n) is 6.16. The van der Waals surface area contributed by atoms with Crippen LogP contribution in [0.15, 0.2) is 46.9 Å². The van der Waals surface area contributed by atoms with Crippen molar-refractivity contribution in [2.24, 2.45) is 0 Å². The third-order valence-corrected chi connectivity index (χ3v) is 3.69. The van der Waals surface area contributed by atoms with E-state index in [-0.39, 0.29) is 11.6 Å². The number of hydrogen-bond donors (Lipinski definition) is 0. The molecule has 0 aromatic heterocycles. The van der Waals surface area contributed by atoms with E-state index in [4.69, 9.17) is 4.74 Å². The molecule has 0 aliphatic heterocycles. The number of Topliss-reactive ketones (excluding diaryl/α,β-unsaturated/α-hetero) is 1. The summed E-state index contributed by atoms with van der Waals surface area (Å²) in [6, 6.07) is 11.5. The van der Waals surface area contributed by atoms with Crippen molar-refractivity contribution in [1.29, 1.82) is 0 Å². The molecule has 0 radical (unpaired) electrons. The highest BCUT2D eigenvalue weighted by atomic mass is 79.9. The van der Waals surface area contributed by atoms with Crippen LogP contribution in [0.5, 0.6) is 5.75 Å². The second-order valence-corrected chi connectivity index (χ2v) is 5.40. The molecule has 1 unspecified atom stereocenters. The van der Waals surface area contributed by atoms with Gasteiger partial charge in [-0.05, 0) is 42.0 Å². The van der Waals surface area contributed by atoms with Gasteiger partial charge in [0.1, 0.15) is 11.6 Å². The van der Waals surface area contributed by atoms with E-state index in [0.717, 1.165) is 0 Å². The second kappa shape index (κ2) is 6.18. The predicted octanol–water partition coefficient (Wildman–Crippen LogP) is 4.58. The fraction of sp³-hybridized carbons (Fsp3) is 0.188. The Labute approximate surface area is 125 Å². The van der Waals surface area contributed by atoms with Crippen molar-refractivity contribution in [2.75, 3.05) is 7.11 Å². The van der Waals surface area contributed by atoms with Crippen LogP contribution in [-0.2, 0) is 0 Å². The van der Waals surface area contributed by atoms with E-state index in [9.17, 15) is 9.18 Å². The summed E-state index contributed by atoms with van der Waals surface area (Å²) >= 11 is 3.20. The first-order valence-corrected chi connectivity index (χ1v) is 6.95. The molecule has 0 amide bonds. The molecule has 2 aromatic carbocycles. The quantitative estimate of drug-likeness (QED) is 0.763. The van der Waals surface area contributed by atoms with Gasteiger partial charge in [0.15, 0.2) is 5.78 Å². The number of hydrogen-bond acceptors (Lipinski definition) is 2. The van der Waals surface area contributed by atoms with Gasteiger partial charge in [-0.1, -0.05) is 28.9 Å². The molecular formula is C16H14BrFO2. The molecule has 0 aliphatic rings. The van der Waals surface area contributed by atoms with Gasteiger partial charge in [-0.2, -0.15) is 0 Å². The van der Waals surface area contributed by atoms with E-state index in [1.807, 2.05) is 0 Å². The van der Waals surface area contributed by atoms with Crippen LogP contribution in [0.1, 0.15) is 28.8 Å². The zero-order chi connectivity index (χ0) is 14.7. The topological polar surface area (TPSA) is 26.3 Å². The smallest absolute Gasteiger partial charge is 0.170 e. The Morgan fingerprint density at radius 1 is 1.20 bits per heavy atom. The van der Waals surface area contributed by atoms with Crippen molar-refractivity contribution < 1.29 is 13.9 Å². The SMILES string of the molecule is COc1ccc(C(=O)C(C)c2ccc(Br)cc2F)cc1. The van der Waals surface area contributed by atoms with Gasteiger partial charge in [-0.25, -0.2) is 4.39 Å². The fourth-order valence-electron chi connectivity index (χ4n) is 2.00. The van der Waals surface area contributed by atoms with Gasteiger partial charge in [0.2, 0.25) is 0 Å². The van der Waals surface area contributed by atoms with Gasteiger partial charge in [-0.15, -0.1) is 0 Å². The molecule has 1 atom stereocenters. The molecule has 0 saturated heterocycles. The van der Waals surface area contributed by atoms with Crippen molar-refractivity contribution >= 4 is 21.7 Å². The Kier molecular flexibility index (Phi) is 4.55. The Morgan fingerprint density at radius 3 is 2.40 bits per heavy atom. The van der Waals surface area contributed by atoms with E-state index in [0.29, 0.717) is 21.3 Å². The van der Waals surface area contributed by atoms with E-state index in [1.54, 1.807) is 50.4 Å². The highest BCUT2D eigenvalue weighted by Crippen LogP contribution is 2.26. The van der Waals surface area contributed by atoms with Gasteiger partial charge in [-0.3, -0.25) is 4.79 Å². The monoisotopic (exact) mass is 336 g/mol. The van der Waals surface area contributed by atoms with Gasteiger partial charge < -0.3 is 4.74 Å². The number of rotatable bonds is 4. The van der Waals surface area contributed by atoms with Crippen LogP contribution >= 0.6 is 15.9 Å². The average Bonchev–Trinajstić information content (AvgIpc) is 2.46. The molecule has 0 N–H and O–H groups in total. The molecule has 0 fully saturated rings. The molecule has 104 valence electrons. The van der Waals surface area contributed by atoms with E-state index < -0.39 is 5.92 Å². The Balaban J connectivity index is 2.27. The summed E-state index contributed by atoms with van der Waals surface area (Å²) in [7, 11) is 1.57. The summed E-state index contributed by atoms with van der Waals surface area (Å²) in [6.45, 7) is 1.71. The third kappa shape index (κ3) is 3.07. The van der Waals surface area contributed by atoms with Crippen LogP contribution in [0.3, 0.4) is 0 Å². The number of carbonyl (C=O) groups is 1. The minimum Gasteiger partial charge on any atom is -0.497 e. The molecule has 2 nitrogen and oxygen atoms in total. The van der Waals surface area contributed by atoms with E-state index in [1.165, 1.54) is 6.07 Å². The van der Waals surface area contributed by atoms with Crippen LogP contribution in [-0.4, -0.2) is 12.9 Å². The van der Waals surface area contributed by atoms with Crippen molar-refractivity contribution in [2.45, 2.75) is 12.8 Å². The summed E-state index contributed by atoms with van der Waals surface area (Å²) in [4.78, 5) is 12.4. The largest absolute Gasteiger partial charge is 0.497 e. The normalized spacial score (nSPS) is 12.0. The molecule has 0 aliphatic carbocycles. The molecule has 0 saturated carbocycles. The molecule has 20 heavy (non-hydrogen) atoms. The highest BCUT2D eigenvalue weighted by Gasteiger charge is 2.20. The van der Waals surface area contributed by atoms with Gasteiger partial charge >= 0.3 is 0 Å². The zero-order valence-corrected chi connectivity index (χ0v) is 12.8. The van der Waals surface area contributed by atoms with Gasteiger partial charge in [0.25, 0.3) is 0 Å². The number of methoxy groups -OCH3 is 1. The maximum absolute atomic E-state index is 13.9. The predicted molar refractivity (Wildman–Crippen MR) is 79.8 cm³/mol. The summed E-state index contributed by atoms with van der Waals surface area (Å²) < 4.78 is 19.6. The molecule has 0 heterocycles. The standard InChI is InChI=1S/C16H14BrFO2/c1-10(14-8-5-12(17)9-15(14)18)16(19)11-3-6-13(20-2)7-4-11/h3-10H,1-2H3.